The number of rotatable bonds is 51. The van der Waals surface area contributed by atoms with E-state index in [4.69, 9.17) is 14.2 Å². The highest BCUT2D eigenvalue weighted by Crippen LogP contribution is 2.26. The summed E-state index contributed by atoms with van der Waals surface area (Å²) in [5.74, 6) is -1.22. The third kappa shape index (κ3) is 40.0. The van der Waals surface area contributed by atoms with Crippen LogP contribution in [0.25, 0.3) is 0 Å². The van der Waals surface area contributed by atoms with Crippen LogP contribution in [0.4, 0.5) is 0 Å². The Balaban J connectivity index is 2.66. The van der Waals surface area contributed by atoms with Crippen molar-refractivity contribution in [3.63, 3.8) is 0 Å². The van der Waals surface area contributed by atoms with Gasteiger partial charge in [0.2, 0.25) is 5.91 Å². The Morgan fingerprint density at radius 3 is 1.56 bits per heavy atom. The molecule has 1 amide bonds. The predicted octanol–water partition coefficient (Wildman–Crippen LogP) is 14.4. The van der Waals surface area contributed by atoms with Crippen LogP contribution < -0.4 is 5.32 Å². The molecule has 1 rings (SSSR count). The first-order chi connectivity index (χ1) is 36.7. The highest BCUT2D eigenvalue weighted by atomic mass is 16.7. The summed E-state index contributed by atoms with van der Waals surface area (Å²) in [6.45, 7) is 5.61. The molecule has 75 heavy (non-hydrogen) atoms. The standard InChI is InChI=1S/C64H113NO10/c1-4-7-10-13-16-19-22-25-26-27-28-29-30-31-32-34-37-40-43-46-49-52-59(69)75-62-61(71)60(70)58(53-66)74-64(62)73-54-55(56(67)50-47-44-41-38-36-33-23-20-17-14-11-8-5-2)65-63(72)57(68)51-48-45-42-39-35-24-21-18-15-12-9-6-3/h9,12,15-16,18-19,21,24-26,47,50,55-58,60-62,64,66-68,70-71H,4-8,10-11,13-14,17,20,22-23,27-46,48-49,51-54H2,1-3H3,(H,65,72)/b12-9+,18-15+,19-16-,24-21-,26-25-,50-47+. The molecule has 1 heterocycles. The van der Waals surface area contributed by atoms with Crippen LogP contribution in [0.1, 0.15) is 258 Å². The third-order valence-corrected chi connectivity index (χ3v) is 14.2. The maximum Gasteiger partial charge on any atom is 0.306 e. The van der Waals surface area contributed by atoms with E-state index in [1.807, 2.05) is 30.4 Å². The minimum atomic E-state index is -1.62. The molecule has 8 atom stereocenters. The summed E-state index contributed by atoms with van der Waals surface area (Å²) in [6.07, 6.45) is 55.1. The molecule has 0 bridgehead atoms. The summed E-state index contributed by atoms with van der Waals surface area (Å²) in [7, 11) is 0. The molecule has 0 radical (unpaired) electrons. The van der Waals surface area contributed by atoms with Gasteiger partial charge in [0.1, 0.15) is 24.4 Å². The van der Waals surface area contributed by atoms with Crippen LogP contribution in [0.2, 0.25) is 0 Å². The van der Waals surface area contributed by atoms with Gasteiger partial charge in [-0.25, -0.2) is 0 Å². The Labute approximate surface area is 458 Å². The fourth-order valence-electron chi connectivity index (χ4n) is 9.27. The largest absolute Gasteiger partial charge is 0.454 e. The number of carbonyl (C=O) groups excluding carboxylic acids is 2. The minimum absolute atomic E-state index is 0.117. The molecular formula is C64H113NO10. The molecule has 434 valence electrons. The van der Waals surface area contributed by atoms with Crippen LogP contribution in [-0.4, -0.2) is 99.6 Å². The van der Waals surface area contributed by atoms with Gasteiger partial charge in [-0.2, -0.15) is 0 Å². The van der Waals surface area contributed by atoms with Crippen LogP contribution in [0.5, 0.6) is 0 Å². The Kier molecular flexibility index (Phi) is 48.5. The van der Waals surface area contributed by atoms with Crippen LogP contribution in [-0.2, 0) is 23.8 Å². The lowest BCUT2D eigenvalue weighted by molar-refractivity contribution is -0.305. The highest BCUT2D eigenvalue weighted by Gasteiger charge is 2.47. The van der Waals surface area contributed by atoms with Crippen molar-refractivity contribution < 1.29 is 49.3 Å². The topological polar surface area (TPSA) is 175 Å². The smallest absolute Gasteiger partial charge is 0.306 e. The SMILES string of the molecule is CC/C=C/C=C/C=C\CCCCCCC(O)C(=O)NC(COC1OC(CO)C(O)C(O)C1OC(=O)CCCCCCCCCCCCC/C=C\C/C=C\CCCCC)C(O)/C=C/CCCCCCCCCCCCC. The summed E-state index contributed by atoms with van der Waals surface area (Å²) in [4.78, 5) is 26.5. The number of hydrogen-bond acceptors (Lipinski definition) is 10. The zero-order valence-electron chi connectivity index (χ0n) is 47.9. The molecule has 8 unspecified atom stereocenters. The molecule has 0 spiro atoms. The number of ether oxygens (including phenoxy) is 3. The van der Waals surface area contributed by atoms with E-state index in [1.54, 1.807) is 6.08 Å². The lowest BCUT2D eigenvalue weighted by Crippen LogP contribution is -2.61. The van der Waals surface area contributed by atoms with E-state index < -0.39 is 67.4 Å². The monoisotopic (exact) mass is 1060 g/mol. The van der Waals surface area contributed by atoms with Gasteiger partial charge in [0.15, 0.2) is 12.4 Å². The van der Waals surface area contributed by atoms with Crippen molar-refractivity contribution >= 4 is 11.9 Å². The van der Waals surface area contributed by atoms with Crippen molar-refractivity contribution in [3.05, 3.63) is 72.9 Å². The van der Waals surface area contributed by atoms with Crippen molar-refractivity contribution in [1.82, 2.24) is 5.32 Å². The fourth-order valence-corrected chi connectivity index (χ4v) is 9.27. The molecule has 1 aliphatic heterocycles. The van der Waals surface area contributed by atoms with Gasteiger partial charge >= 0.3 is 5.97 Å². The van der Waals surface area contributed by atoms with Gasteiger partial charge < -0.3 is 45.1 Å². The Morgan fingerprint density at radius 2 is 1.01 bits per heavy atom. The first kappa shape index (κ1) is 70.1. The van der Waals surface area contributed by atoms with E-state index in [0.29, 0.717) is 12.8 Å². The number of aliphatic hydroxyl groups excluding tert-OH is 5. The van der Waals surface area contributed by atoms with Crippen molar-refractivity contribution in [2.45, 2.75) is 307 Å². The summed E-state index contributed by atoms with van der Waals surface area (Å²) < 4.78 is 17.6. The maximum absolute atomic E-state index is 13.4. The Morgan fingerprint density at radius 1 is 0.547 bits per heavy atom. The maximum atomic E-state index is 13.4. The molecular weight excluding hydrogens is 943 g/mol. The molecule has 11 nitrogen and oxygen atoms in total. The minimum Gasteiger partial charge on any atom is -0.454 e. The molecule has 6 N–H and O–H groups in total. The second-order valence-corrected chi connectivity index (χ2v) is 21.1. The Hall–Kier alpha value is -2.90. The van der Waals surface area contributed by atoms with E-state index in [9.17, 15) is 35.1 Å². The van der Waals surface area contributed by atoms with Crippen molar-refractivity contribution in [1.29, 1.82) is 0 Å². The number of nitrogens with one attached hydrogen (secondary N) is 1. The van der Waals surface area contributed by atoms with Gasteiger partial charge in [-0.05, 0) is 77.0 Å². The fraction of sp³-hybridized carbons (Fsp3) is 0.781. The van der Waals surface area contributed by atoms with Crippen LogP contribution in [0, 0.1) is 0 Å². The molecule has 0 saturated carbocycles. The number of allylic oxidation sites excluding steroid dienone is 11. The molecule has 1 fully saturated rings. The van der Waals surface area contributed by atoms with E-state index in [0.717, 1.165) is 77.0 Å². The predicted molar refractivity (Wildman–Crippen MR) is 310 cm³/mol. The van der Waals surface area contributed by atoms with Gasteiger partial charge in [0.25, 0.3) is 0 Å². The lowest BCUT2D eigenvalue weighted by atomic mass is 9.99. The Bertz CT molecular complexity index is 1490. The zero-order valence-corrected chi connectivity index (χ0v) is 47.9. The summed E-state index contributed by atoms with van der Waals surface area (Å²) >= 11 is 0. The van der Waals surface area contributed by atoms with Gasteiger partial charge in [0, 0.05) is 6.42 Å². The number of esters is 1. The van der Waals surface area contributed by atoms with Gasteiger partial charge in [-0.1, -0.05) is 248 Å². The molecule has 0 aromatic rings. The second kappa shape index (κ2) is 51.8. The average molecular weight is 1060 g/mol. The summed E-state index contributed by atoms with van der Waals surface area (Å²) in [6, 6.07) is -1.04. The van der Waals surface area contributed by atoms with E-state index in [2.05, 4.69) is 62.5 Å². The number of aliphatic hydroxyl groups is 5. The van der Waals surface area contributed by atoms with Crippen molar-refractivity contribution in [2.24, 2.45) is 0 Å². The van der Waals surface area contributed by atoms with E-state index >= 15 is 0 Å². The van der Waals surface area contributed by atoms with E-state index in [-0.39, 0.29) is 19.4 Å². The number of hydrogen-bond donors (Lipinski definition) is 6. The molecule has 0 aromatic heterocycles. The first-order valence-electron chi connectivity index (χ1n) is 30.7. The van der Waals surface area contributed by atoms with Gasteiger partial charge in [-0.15, -0.1) is 0 Å². The number of unbranched alkanes of at least 4 members (excludes halogenated alkanes) is 29. The summed E-state index contributed by atoms with van der Waals surface area (Å²) in [5.41, 5.74) is 0. The quantitative estimate of drug-likeness (QED) is 0.0149. The molecule has 1 aliphatic rings. The van der Waals surface area contributed by atoms with E-state index in [1.165, 1.54) is 135 Å². The van der Waals surface area contributed by atoms with Gasteiger partial charge in [-0.3, -0.25) is 9.59 Å². The molecule has 11 heteroatoms. The summed E-state index contributed by atoms with van der Waals surface area (Å²) in [5, 5.41) is 56.9. The van der Waals surface area contributed by atoms with Gasteiger partial charge in [0.05, 0.1) is 25.4 Å². The highest BCUT2D eigenvalue weighted by molar-refractivity contribution is 5.80. The molecule has 0 aromatic carbocycles. The molecule has 0 aliphatic carbocycles. The second-order valence-electron chi connectivity index (χ2n) is 21.1. The van der Waals surface area contributed by atoms with Crippen molar-refractivity contribution in [2.75, 3.05) is 13.2 Å². The lowest BCUT2D eigenvalue weighted by Gasteiger charge is -2.41. The normalized spacial score (nSPS) is 19.7. The van der Waals surface area contributed by atoms with Crippen LogP contribution >= 0.6 is 0 Å². The molecule has 1 saturated heterocycles. The third-order valence-electron chi connectivity index (χ3n) is 14.2. The van der Waals surface area contributed by atoms with Crippen LogP contribution in [0.3, 0.4) is 0 Å². The first-order valence-corrected chi connectivity index (χ1v) is 30.7. The number of amides is 1. The zero-order chi connectivity index (χ0) is 54.7. The van der Waals surface area contributed by atoms with Crippen LogP contribution in [0.15, 0.2) is 72.9 Å². The van der Waals surface area contributed by atoms with Crippen molar-refractivity contribution in [3.8, 4) is 0 Å². The number of carbonyl (C=O) groups is 2. The average Bonchev–Trinajstić information content (AvgIpc) is 3.41.